The van der Waals surface area contributed by atoms with Crippen LogP contribution in [-0.2, 0) is 6.54 Å². The van der Waals surface area contributed by atoms with Crippen LogP contribution in [0.3, 0.4) is 0 Å². The van der Waals surface area contributed by atoms with Crippen LogP contribution in [0.5, 0.6) is 0 Å². The number of aromatic nitrogens is 2. The smallest absolute Gasteiger partial charge is 0.276 e. The summed E-state index contributed by atoms with van der Waals surface area (Å²) in [6.07, 6.45) is 0. The number of anilines is 1. The van der Waals surface area contributed by atoms with Crippen molar-refractivity contribution < 1.29 is 9.18 Å². The Balaban J connectivity index is 2.23. The average molecular weight is 275 g/mol. The van der Waals surface area contributed by atoms with Crippen molar-refractivity contribution in [1.82, 2.24) is 9.78 Å². The first-order valence-corrected chi connectivity index (χ1v) is 6.17. The maximum absolute atomic E-state index is 13.4. The molecule has 6 heteroatoms. The largest absolute Gasteiger partial charge is 0.320 e. The number of halogens is 1. The van der Waals surface area contributed by atoms with E-state index in [-0.39, 0.29) is 11.3 Å². The summed E-state index contributed by atoms with van der Waals surface area (Å²) < 4.78 is 14.6. The van der Waals surface area contributed by atoms with E-state index in [0.29, 0.717) is 17.8 Å². The van der Waals surface area contributed by atoms with Crippen molar-refractivity contribution in [3.05, 3.63) is 57.8 Å². The molecule has 0 fully saturated rings. The number of hydrogen-bond donors (Lipinski definition) is 1. The number of nitrogens with one attached hydrogen (secondary N) is 1. The molecule has 104 valence electrons. The van der Waals surface area contributed by atoms with Gasteiger partial charge in [-0.25, -0.2) is 9.07 Å². The molecule has 0 atom stereocenters. The summed E-state index contributed by atoms with van der Waals surface area (Å²) in [4.78, 5) is 23.4. The highest BCUT2D eigenvalue weighted by molar-refractivity contribution is 6.02. The van der Waals surface area contributed by atoms with E-state index in [1.165, 1.54) is 22.9 Å². The summed E-state index contributed by atoms with van der Waals surface area (Å²) >= 11 is 0. The van der Waals surface area contributed by atoms with Crippen molar-refractivity contribution in [1.29, 1.82) is 0 Å². The number of benzene rings is 1. The molecule has 0 saturated heterocycles. The molecule has 0 aliphatic heterocycles. The second-order valence-electron chi connectivity index (χ2n) is 4.29. The van der Waals surface area contributed by atoms with Crippen LogP contribution in [0, 0.1) is 12.7 Å². The van der Waals surface area contributed by atoms with E-state index >= 15 is 0 Å². The minimum absolute atomic E-state index is 0.104. The summed E-state index contributed by atoms with van der Waals surface area (Å²) in [7, 11) is 0. The maximum Gasteiger partial charge on any atom is 0.276 e. The fourth-order valence-corrected chi connectivity index (χ4v) is 1.66. The molecule has 1 amide bonds. The lowest BCUT2D eigenvalue weighted by molar-refractivity contribution is 0.102. The van der Waals surface area contributed by atoms with E-state index in [1.807, 2.05) is 0 Å². The van der Waals surface area contributed by atoms with Crippen LogP contribution in [0.1, 0.15) is 23.0 Å². The minimum atomic E-state index is -0.490. The molecule has 5 nitrogen and oxygen atoms in total. The summed E-state index contributed by atoms with van der Waals surface area (Å²) in [6, 6.07) is 7.04. The van der Waals surface area contributed by atoms with Gasteiger partial charge in [0, 0.05) is 18.3 Å². The zero-order valence-electron chi connectivity index (χ0n) is 11.2. The Bertz CT molecular complexity index is 710. The lowest BCUT2D eigenvalue weighted by atomic mass is 10.2. The molecular weight excluding hydrogens is 261 g/mol. The Kier molecular flexibility index (Phi) is 3.93. The Morgan fingerprint density at radius 2 is 2.10 bits per heavy atom. The second kappa shape index (κ2) is 5.64. The highest BCUT2D eigenvalue weighted by Gasteiger charge is 2.10. The van der Waals surface area contributed by atoms with Crippen LogP contribution >= 0.6 is 0 Å². The Hall–Kier alpha value is -2.50. The molecule has 0 bridgehead atoms. The zero-order chi connectivity index (χ0) is 14.7. The molecular formula is C14H14FN3O2. The fraction of sp³-hybridized carbons (Fsp3) is 0.214. The van der Waals surface area contributed by atoms with Crippen LogP contribution in [-0.4, -0.2) is 15.7 Å². The molecule has 0 saturated carbocycles. The van der Waals surface area contributed by atoms with Crippen LogP contribution in [0.2, 0.25) is 0 Å². The molecule has 20 heavy (non-hydrogen) atoms. The monoisotopic (exact) mass is 275 g/mol. The molecule has 1 N–H and O–H groups in total. The van der Waals surface area contributed by atoms with E-state index in [1.54, 1.807) is 26.0 Å². The first-order chi connectivity index (χ1) is 9.51. The van der Waals surface area contributed by atoms with E-state index in [0.717, 1.165) is 0 Å². The lowest BCUT2D eigenvalue weighted by Crippen LogP contribution is -2.25. The molecule has 0 radical (unpaired) electrons. The molecule has 0 unspecified atom stereocenters. The third-order valence-corrected chi connectivity index (χ3v) is 2.83. The molecule has 1 aromatic heterocycles. The standard InChI is InChI=1S/C14H14FN3O2/c1-3-18-13(19)7-6-12(17-18)14(20)16-10-5-4-9(2)11(15)8-10/h4-8H,3H2,1-2H3,(H,16,20). The van der Waals surface area contributed by atoms with Gasteiger partial charge in [-0.3, -0.25) is 9.59 Å². The van der Waals surface area contributed by atoms with Gasteiger partial charge in [0.1, 0.15) is 11.5 Å². The Morgan fingerprint density at radius 1 is 1.35 bits per heavy atom. The van der Waals surface area contributed by atoms with Gasteiger partial charge in [-0.1, -0.05) is 6.07 Å². The van der Waals surface area contributed by atoms with Crippen molar-refractivity contribution in [2.75, 3.05) is 5.32 Å². The number of carbonyl (C=O) groups is 1. The molecule has 0 aliphatic carbocycles. The van der Waals surface area contributed by atoms with Gasteiger partial charge in [-0.2, -0.15) is 5.10 Å². The maximum atomic E-state index is 13.4. The molecule has 1 aromatic carbocycles. The number of hydrogen-bond acceptors (Lipinski definition) is 3. The predicted octanol–water partition coefficient (Wildman–Crippen LogP) is 1.96. The lowest BCUT2D eigenvalue weighted by Gasteiger charge is -2.07. The van der Waals surface area contributed by atoms with Crippen molar-refractivity contribution in [3.8, 4) is 0 Å². The van der Waals surface area contributed by atoms with Crippen LogP contribution in [0.15, 0.2) is 35.1 Å². The van der Waals surface area contributed by atoms with Crippen LogP contribution < -0.4 is 10.9 Å². The number of carbonyl (C=O) groups excluding carboxylic acids is 1. The topological polar surface area (TPSA) is 64.0 Å². The number of aryl methyl sites for hydroxylation is 2. The first kappa shape index (κ1) is 13.9. The first-order valence-electron chi connectivity index (χ1n) is 6.17. The van der Waals surface area contributed by atoms with Crippen molar-refractivity contribution in [2.24, 2.45) is 0 Å². The zero-order valence-corrected chi connectivity index (χ0v) is 11.2. The highest BCUT2D eigenvalue weighted by Crippen LogP contribution is 2.14. The normalized spacial score (nSPS) is 10.3. The van der Waals surface area contributed by atoms with Crippen molar-refractivity contribution in [2.45, 2.75) is 20.4 Å². The van der Waals surface area contributed by atoms with Gasteiger partial charge in [0.25, 0.3) is 11.5 Å². The molecule has 2 rings (SSSR count). The quantitative estimate of drug-likeness (QED) is 0.931. The third kappa shape index (κ3) is 2.90. The van der Waals surface area contributed by atoms with Gasteiger partial charge in [0.2, 0.25) is 0 Å². The van der Waals surface area contributed by atoms with Gasteiger partial charge in [0.15, 0.2) is 0 Å². The Labute approximate surface area is 115 Å². The van der Waals surface area contributed by atoms with Gasteiger partial charge in [0.05, 0.1) is 0 Å². The third-order valence-electron chi connectivity index (χ3n) is 2.83. The van der Waals surface area contributed by atoms with E-state index in [2.05, 4.69) is 10.4 Å². The summed E-state index contributed by atoms with van der Waals surface area (Å²) in [5.74, 6) is -0.884. The number of nitrogens with zero attached hydrogens (tertiary/aromatic N) is 2. The minimum Gasteiger partial charge on any atom is -0.320 e. The summed E-state index contributed by atoms with van der Waals surface area (Å²) in [5, 5.41) is 6.47. The number of rotatable bonds is 3. The summed E-state index contributed by atoms with van der Waals surface area (Å²) in [6.45, 7) is 3.77. The average Bonchev–Trinajstić information content (AvgIpc) is 2.43. The molecule has 1 heterocycles. The van der Waals surface area contributed by atoms with E-state index in [4.69, 9.17) is 0 Å². The molecule has 0 aliphatic rings. The van der Waals surface area contributed by atoms with E-state index in [9.17, 15) is 14.0 Å². The number of amides is 1. The van der Waals surface area contributed by atoms with Crippen LogP contribution in [0.4, 0.5) is 10.1 Å². The summed E-state index contributed by atoms with van der Waals surface area (Å²) in [5.41, 5.74) is 0.674. The van der Waals surface area contributed by atoms with Gasteiger partial charge in [-0.15, -0.1) is 0 Å². The van der Waals surface area contributed by atoms with Crippen LogP contribution in [0.25, 0.3) is 0 Å². The SMILES string of the molecule is CCn1nc(C(=O)Nc2ccc(C)c(F)c2)ccc1=O. The highest BCUT2D eigenvalue weighted by atomic mass is 19.1. The van der Waals surface area contributed by atoms with E-state index < -0.39 is 11.7 Å². The fourth-order valence-electron chi connectivity index (χ4n) is 1.66. The second-order valence-corrected chi connectivity index (χ2v) is 4.29. The predicted molar refractivity (Wildman–Crippen MR) is 73.3 cm³/mol. The molecule has 2 aromatic rings. The molecule has 0 spiro atoms. The van der Waals surface area contributed by atoms with Gasteiger partial charge < -0.3 is 5.32 Å². The Morgan fingerprint density at radius 3 is 2.75 bits per heavy atom. The van der Waals surface area contributed by atoms with Crippen molar-refractivity contribution >= 4 is 11.6 Å². The van der Waals surface area contributed by atoms with Crippen molar-refractivity contribution in [3.63, 3.8) is 0 Å². The van der Waals surface area contributed by atoms with Gasteiger partial charge >= 0.3 is 0 Å². The van der Waals surface area contributed by atoms with Gasteiger partial charge in [-0.05, 0) is 37.6 Å².